The topological polar surface area (TPSA) is 271 Å². The number of methoxy groups -OCH3 is 4. The van der Waals surface area contributed by atoms with E-state index in [9.17, 15) is 38.4 Å². The SMILES string of the molecule is COC(=O)c1cc(C)ccc1C1=NC(C)(C(C)C)C(=O)N1.COC(=O)c1cc(C)ccc1C1=NC(C)(C(C)C)C(=O)N1.COC(=O)c1ccc(C)cc1C1=NC(C)(C(C)C)C(=O)N1.COC(=O)c1ccc(C)cc1C1=NC(C)(C(C)C)C(=O)N1. The van der Waals surface area contributed by atoms with E-state index in [-0.39, 0.29) is 47.3 Å². The van der Waals surface area contributed by atoms with E-state index in [2.05, 4.69) is 41.2 Å². The standard InChI is InChI=1S/4C16H20N2O3/c2*1-9(2)16(4)15(20)17-13(18-16)12-8-10(3)6-7-11(12)14(19)21-5;2*1-9(2)16(4)15(20)17-13(18-16)11-7-6-10(3)8-12(11)14(19)21-5/h4*6-9H,1-5H3,(H,17,18,20). The first-order valence-electron chi connectivity index (χ1n) is 27.6. The molecule has 4 aliphatic heterocycles. The highest BCUT2D eigenvalue weighted by atomic mass is 16.5. The maximum Gasteiger partial charge on any atom is 0.338 e. The molecule has 4 amide bonds. The number of ether oxygens (including phenoxy) is 4. The Hall–Kier alpha value is -8.68. The first-order valence-corrected chi connectivity index (χ1v) is 27.6. The lowest BCUT2D eigenvalue weighted by Gasteiger charge is -2.21. The fraction of sp³-hybridized carbons (Fsp3) is 0.438. The third-order valence-corrected chi connectivity index (χ3v) is 16.0. The number of amidine groups is 4. The number of amides is 4. The highest BCUT2D eigenvalue weighted by Crippen LogP contribution is 2.32. The van der Waals surface area contributed by atoms with E-state index in [1.54, 1.807) is 64.1 Å². The molecule has 4 atom stereocenters. The van der Waals surface area contributed by atoms with E-state index in [4.69, 9.17) is 18.9 Å². The molecule has 4 aromatic rings. The first-order chi connectivity index (χ1) is 39.2. The number of benzene rings is 4. The van der Waals surface area contributed by atoms with E-state index in [1.165, 1.54) is 28.4 Å². The molecular formula is C64H80N8O12. The lowest BCUT2D eigenvalue weighted by atomic mass is 9.89. The van der Waals surface area contributed by atoms with Crippen molar-refractivity contribution < 1.29 is 57.3 Å². The van der Waals surface area contributed by atoms with Crippen LogP contribution in [0.1, 0.15) is 169 Å². The van der Waals surface area contributed by atoms with Crippen LogP contribution in [0.5, 0.6) is 0 Å². The van der Waals surface area contributed by atoms with Crippen LogP contribution in [0.2, 0.25) is 0 Å². The van der Waals surface area contributed by atoms with Gasteiger partial charge in [0.1, 0.15) is 45.5 Å². The second kappa shape index (κ2) is 26.3. The molecule has 4 heterocycles. The first kappa shape index (κ1) is 66.1. The Morgan fingerprint density at radius 3 is 0.786 bits per heavy atom. The van der Waals surface area contributed by atoms with Gasteiger partial charge in [0.15, 0.2) is 0 Å². The maximum absolute atomic E-state index is 12.2. The molecule has 0 aliphatic carbocycles. The highest BCUT2D eigenvalue weighted by molar-refractivity contribution is 6.21. The van der Waals surface area contributed by atoms with Crippen LogP contribution in [0.3, 0.4) is 0 Å². The van der Waals surface area contributed by atoms with Gasteiger partial charge in [0, 0.05) is 22.3 Å². The van der Waals surface area contributed by atoms with Gasteiger partial charge >= 0.3 is 23.9 Å². The van der Waals surface area contributed by atoms with Gasteiger partial charge in [-0.15, -0.1) is 0 Å². The predicted octanol–water partition coefficient (Wildman–Crippen LogP) is 8.29. The zero-order chi connectivity index (χ0) is 63.1. The summed E-state index contributed by atoms with van der Waals surface area (Å²) in [7, 11) is 5.34. The summed E-state index contributed by atoms with van der Waals surface area (Å²) in [5.41, 5.74) is 4.57. The normalized spacial score (nSPS) is 21.2. The Labute approximate surface area is 492 Å². The summed E-state index contributed by atoms with van der Waals surface area (Å²) < 4.78 is 19.2. The summed E-state index contributed by atoms with van der Waals surface area (Å²) in [5.74, 6) is -0.421. The van der Waals surface area contributed by atoms with Gasteiger partial charge in [-0.1, -0.05) is 114 Å². The molecule has 0 saturated carbocycles. The van der Waals surface area contributed by atoms with Crippen molar-refractivity contribution in [1.82, 2.24) is 21.3 Å². The molecule has 0 fully saturated rings. The summed E-state index contributed by atoms with van der Waals surface area (Å²) in [5, 5.41) is 11.2. The Kier molecular flexibility index (Phi) is 20.7. The molecule has 20 heteroatoms. The minimum absolute atomic E-state index is 0.0568. The Morgan fingerprint density at radius 2 is 0.560 bits per heavy atom. The molecule has 4 N–H and O–H groups in total. The van der Waals surface area contributed by atoms with Crippen LogP contribution >= 0.6 is 0 Å². The average molecular weight is 1150 g/mol. The van der Waals surface area contributed by atoms with E-state index >= 15 is 0 Å². The Morgan fingerprint density at radius 1 is 0.345 bits per heavy atom. The molecule has 0 radical (unpaired) electrons. The van der Waals surface area contributed by atoms with Gasteiger partial charge in [0.25, 0.3) is 23.6 Å². The van der Waals surface area contributed by atoms with Gasteiger partial charge in [0.2, 0.25) is 0 Å². The van der Waals surface area contributed by atoms with Crippen LogP contribution in [0.25, 0.3) is 0 Å². The largest absolute Gasteiger partial charge is 0.465 e. The summed E-state index contributed by atoms with van der Waals surface area (Å²) in [6.07, 6.45) is 0. The quantitative estimate of drug-likeness (QED) is 0.0771. The molecule has 4 aliphatic rings. The smallest absolute Gasteiger partial charge is 0.338 e. The van der Waals surface area contributed by atoms with E-state index < -0.39 is 46.0 Å². The maximum atomic E-state index is 12.2. The molecule has 4 aromatic carbocycles. The molecule has 4 unspecified atom stereocenters. The van der Waals surface area contributed by atoms with E-state index in [0.717, 1.165) is 22.3 Å². The van der Waals surface area contributed by atoms with Crippen LogP contribution in [0.15, 0.2) is 92.8 Å². The molecule has 0 saturated heterocycles. The van der Waals surface area contributed by atoms with Gasteiger partial charge in [-0.2, -0.15) is 0 Å². The number of rotatable bonds is 12. The number of hydrogen-bond acceptors (Lipinski definition) is 16. The number of nitrogens with zero attached hydrogens (tertiary/aromatic N) is 4. The number of carbonyl (C=O) groups excluding carboxylic acids is 8. The molecular weight excluding hydrogens is 1070 g/mol. The number of aliphatic imine (C=N–C) groups is 4. The van der Waals surface area contributed by atoms with Crippen molar-refractivity contribution in [1.29, 1.82) is 0 Å². The Balaban J connectivity index is 0.000000205. The lowest BCUT2D eigenvalue weighted by molar-refractivity contribution is -0.125. The predicted molar refractivity (Wildman–Crippen MR) is 322 cm³/mol. The third-order valence-electron chi connectivity index (χ3n) is 16.0. The molecule has 448 valence electrons. The lowest BCUT2D eigenvalue weighted by Crippen LogP contribution is -2.41. The minimum Gasteiger partial charge on any atom is -0.465 e. The monoisotopic (exact) mass is 1150 g/mol. The number of hydrogen-bond donors (Lipinski definition) is 4. The number of carbonyl (C=O) groups is 8. The Bertz CT molecular complexity index is 3210. The van der Waals surface area contributed by atoms with Gasteiger partial charge in [-0.3, -0.25) is 39.1 Å². The van der Waals surface area contributed by atoms with Crippen LogP contribution in [-0.4, -0.2) is 121 Å². The average Bonchev–Trinajstić information content (AvgIpc) is 3.98. The number of nitrogens with one attached hydrogen (secondary N) is 4. The van der Waals surface area contributed by atoms with Crippen LogP contribution < -0.4 is 21.3 Å². The van der Waals surface area contributed by atoms with Gasteiger partial charge in [-0.25, -0.2) is 19.2 Å². The molecule has 0 aromatic heterocycles. The summed E-state index contributed by atoms with van der Waals surface area (Å²) in [6, 6.07) is 21.5. The highest BCUT2D eigenvalue weighted by Gasteiger charge is 2.46. The van der Waals surface area contributed by atoms with Crippen molar-refractivity contribution >= 4 is 70.8 Å². The third kappa shape index (κ3) is 13.7. The molecule has 8 rings (SSSR count). The van der Waals surface area contributed by atoms with Crippen LogP contribution in [-0.2, 0) is 38.1 Å². The van der Waals surface area contributed by atoms with Gasteiger partial charge in [0.05, 0.1) is 50.7 Å². The molecule has 84 heavy (non-hydrogen) atoms. The number of esters is 4. The molecule has 0 bridgehead atoms. The fourth-order valence-corrected chi connectivity index (χ4v) is 8.83. The van der Waals surface area contributed by atoms with Crippen molar-refractivity contribution in [3.8, 4) is 0 Å². The van der Waals surface area contributed by atoms with Crippen molar-refractivity contribution in [2.45, 2.75) is 133 Å². The van der Waals surface area contributed by atoms with Gasteiger partial charge < -0.3 is 40.2 Å². The van der Waals surface area contributed by atoms with Crippen molar-refractivity contribution in [2.24, 2.45) is 43.6 Å². The number of aryl methyl sites for hydroxylation is 4. The van der Waals surface area contributed by atoms with E-state index in [1.807, 2.05) is 119 Å². The van der Waals surface area contributed by atoms with Crippen LogP contribution in [0, 0.1) is 51.4 Å². The zero-order valence-corrected chi connectivity index (χ0v) is 51.9. The van der Waals surface area contributed by atoms with Gasteiger partial charge in [-0.05, 0) is 115 Å². The van der Waals surface area contributed by atoms with E-state index in [0.29, 0.717) is 67.9 Å². The van der Waals surface area contributed by atoms with Crippen molar-refractivity contribution in [3.05, 3.63) is 140 Å². The molecule has 0 spiro atoms. The summed E-state index contributed by atoms with van der Waals surface area (Å²) >= 11 is 0. The summed E-state index contributed by atoms with van der Waals surface area (Å²) in [4.78, 5) is 115. The fourth-order valence-electron chi connectivity index (χ4n) is 8.83. The second-order valence-electron chi connectivity index (χ2n) is 23.0. The molecule has 20 nitrogen and oxygen atoms in total. The zero-order valence-electron chi connectivity index (χ0n) is 51.9. The minimum atomic E-state index is -0.813. The summed E-state index contributed by atoms with van der Waals surface area (Å²) in [6.45, 7) is 30.4. The van der Waals surface area contributed by atoms with Crippen LogP contribution in [0.4, 0.5) is 0 Å². The second-order valence-corrected chi connectivity index (χ2v) is 23.0. The van der Waals surface area contributed by atoms with Crippen molar-refractivity contribution in [2.75, 3.05) is 28.4 Å². The van der Waals surface area contributed by atoms with Crippen molar-refractivity contribution in [3.63, 3.8) is 0 Å².